The maximum absolute atomic E-state index is 4.78. The Kier molecular flexibility index (Phi) is 3.93. The van der Waals surface area contributed by atoms with E-state index in [0.717, 1.165) is 43.3 Å². The molecule has 0 saturated heterocycles. The summed E-state index contributed by atoms with van der Waals surface area (Å²) in [4.78, 5) is 12.9. The standard InChI is InChI=1S/C17H19N5S/c1-2-22-14(5-7-19-22)12-21-8-6-15-13(11-21)10-18-17(20-15)16-4-3-9-23-16/h3-5,7,9-10H,2,6,8,11-12H2,1H3. The van der Waals surface area contributed by atoms with E-state index in [0.29, 0.717) is 0 Å². The smallest absolute Gasteiger partial charge is 0.169 e. The van der Waals surface area contributed by atoms with Crippen molar-refractivity contribution in [2.24, 2.45) is 0 Å². The highest BCUT2D eigenvalue weighted by Crippen LogP contribution is 2.24. The summed E-state index contributed by atoms with van der Waals surface area (Å²) >= 11 is 1.69. The van der Waals surface area contributed by atoms with Gasteiger partial charge in [-0.05, 0) is 24.4 Å². The van der Waals surface area contributed by atoms with Crippen LogP contribution in [0.1, 0.15) is 23.9 Å². The summed E-state index contributed by atoms with van der Waals surface area (Å²) in [5, 5.41) is 6.42. The molecule has 0 amide bonds. The normalized spacial score (nSPS) is 14.8. The molecule has 0 N–H and O–H groups in total. The van der Waals surface area contributed by atoms with Gasteiger partial charge in [0.1, 0.15) is 0 Å². The van der Waals surface area contributed by atoms with Gasteiger partial charge in [-0.25, -0.2) is 9.97 Å². The predicted octanol–water partition coefficient (Wildman–Crippen LogP) is 2.98. The van der Waals surface area contributed by atoms with E-state index >= 15 is 0 Å². The van der Waals surface area contributed by atoms with Crippen LogP contribution in [-0.4, -0.2) is 31.2 Å². The molecule has 0 fully saturated rings. The van der Waals surface area contributed by atoms with Crippen LogP contribution in [0.5, 0.6) is 0 Å². The van der Waals surface area contributed by atoms with E-state index < -0.39 is 0 Å². The van der Waals surface area contributed by atoms with E-state index in [9.17, 15) is 0 Å². The molecule has 118 valence electrons. The molecule has 4 rings (SSSR count). The van der Waals surface area contributed by atoms with Crippen LogP contribution >= 0.6 is 11.3 Å². The van der Waals surface area contributed by atoms with E-state index in [1.165, 1.54) is 17.0 Å². The number of fused-ring (bicyclic) bond motifs is 1. The minimum atomic E-state index is 0.858. The fraction of sp³-hybridized carbons (Fsp3) is 0.353. The molecule has 4 heterocycles. The van der Waals surface area contributed by atoms with Crippen molar-refractivity contribution >= 4 is 11.3 Å². The Hall–Kier alpha value is -2.05. The van der Waals surface area contributed by atoms with Crippen LogP contribution in [0.4, 0.5) is 0 Å². The fourth-order valence-electron chi connectivity index (χ4n) is 3.04. The van der Waals surface area contributed by atoms with Gasteiger partial charge in [-0.15, -0.1) is 11.3 Å². The van der Waals surface area contributed by atoms with Gasteiger partial charge in [0.05, 0.1) is 16.3 Å². The molecule has 3 aromatic heterocycles. The number of aryl methyl sites for hydroxylation is 1. The molecule has 0 bridgehead atoms. The molecule has 0 unspecified atom stereocenters. The van der Waals surface area contributed by atoms with Gasteiger partial charge in [-0.3, -0.25) is 9.58 Å². The van der Waals surface area contributed by atoms with E-state index in [4.69, 9.17) is 4.98 Å². The van der Waals surface area contributed by atoms with Crippen molar-refractivity contribution in [3.8, 4) is 10.7 Å². The van der Waals surface area contributed by atoms with Crippen LogP contribution in [0.3, 0.4) is 0 Å². The Morgan fingerprint density at radius 1 is 1.30 bits per heavy atom. The van der Waals surface area contributed by atoms with Crippen molar-refractivity contribution in [3.05, 3.63) is 52.9 Å². The molecule has 1 aliphatic heterocycles. The number of rotatable bonds is 4. The maximum Gasteiger partial charge on any atom is 0.169 e. The van der Waals surface area contributed by atoms with Crippen LogP contribution in [0.25, 0.3) is 10.7 Å². The van der Waals surface area contributed by atoms with E-state index in [-0.39, 0.29) is 0 Å². The van der Waals surface area contributed by atoms with E-state index in [1.54, 1.807) is 11.3 Å². The number of hydrogen-bond acceptors (Lipinski definition) is 5. The Bertz CT molecular complexity index is 793. The number of aromatic nitrogens is 4. The second-order valence-corrected chi connectivity index (χ2v) is 6.69. The van der Waals surface area contributed by atoms with Crippen molar-refractivity contribution in [1.29, 1.82) is 0 Å². The molecule has 0 aromatic carbocycles. The second kappa shape index (κ2) is 6.22. The SMILES string of the molecule is CCn1nccc1CN1CCc2nc(-c3cccs3)ncc2C1. The summed E-state index contributed by atoms with van der Waals surface area (Å²) < 4.78 is 2.06. The summed E-state index contributed by atoms with van der Waals surface area (Å²) in [6.07, 6.45) is 4.87. The quantitative estimate of drug-likeness (QED) is 0.740. The Morgan fingerprint density at radius 3 is 3.09 bits per heavy atom. The van der Waals surface area contributed by atoms with Crippen molar-refractivity contribution in [2.75, 3.05) is 6.54 Å². The van der Waals surface area contributed by atoms with E-state index in [2.05, 4.69) is 44.1 Å². The predicted molar refractivity (Wildman–Crippen MR) is 91.1 cm³/mol. The third-order valence-electron chi connectivity index (χ3n) is 4.24. The van der Waals surface area contributed by atoms with Gasteiger partial charge < -0.3 is 0 Å². The van der Waals surface area contributed by atoms with Crippen LogP contribution in [0.15, 0.2) is 36.0 Å². The molecule has 3 aromatic rings. The highest BCUT2D eigenvalue weighted by Gasteiger charge is 2.20. The number of thiophene rings is 1. The van der Waals surface area contributed by atoms with Crippen molar-refractivity contribution in [1.82, 2.24) is 24.6 Å². The largest absolute Gasteiger partial charge is 0.293 e. The summed E-state index contributed by atoms with van der Waals surface area (Å²) in [5.74, 6) is 0.858. The summed E-state index contributed by atoms with van der Waals surface area (Å²) in [6, 6.07) is 6.23. The minimum absolute atomic E-state index is 0.858. The van der Waals surface area contributed by atoms with Gasteiger partial charge >= 0.3 is 0 Å². The van der Waals surface area contributed by atoms with Crippen molar-refractivity contribution in [2.45, 2.75) is 33.0 Å². The number of hydrogen-bond donors (Lipinski definition) is 0. The zero-order valence-electron chi connectivity index (χ0n) is 13.1. The first-order valence-corrected chi connectivity index (χ1v) is 8.83. The molecule has 5 nitrogen and oxygen atoms in total. The topological polar surface area (TPSA) is 46.8 Å². The second-order valence-electron chi connectivity index (χ2n) is 5.74. The van der Waals surface area contributed by atoms with Gasteiger partial charge in [0.2, 0.25) is 0 Å². The van der Waals surface area contributed by atoms with E-state index in [1.807, 2.05) is 18.5 Å². The highest BCUT2D eigenvalue weighted by molar-refractivity contribution is 7.13. The third kappa shape index (κ3) is 2.92. The molecule has 1 aliphatic rings. The Morgan fingerprint density at radius 2 is 2.26 bits per heavy atom. The van der Waals surface area contributed by atoms with Crippen LogP contribution in [0, 0.1) is 0 Å². The Labute approximate surface area is 139 Å². The van der Waals surface area contributed by atoms with Crippen molar-refractivity contribution in [3.63, 3.8) is 0 Å². The zero-order chi connectivity index (χ0) is 15.6. The Balaban J connectivity index is 1.51. The lowest BCUT2D eigenvalue weighted by Crippen LogP contribution is -2.31. The first-order valence-electron chi connectivity index (χ1n) is 7.95. The third-order valence-corrected chi connectivity index (χ3v) is 5.11. The van der Waals surface area contributed by atoms with Crippen LogP contribution in [-0.2, 0) is 26.1 Å². The lowest BCUT2D eigenvalue weighted by molar-refractivity contribution is 0.235. The molecule has 6 heteroatoms. The molecule has 23 heavy (non-hydrogen) atoms. The fourth-order valence-corrected chi connectivity index (χ4v) is 3.71. The summed E-state index contributed by atoms with van der Waals surface area (Å²) in [6.45, 7) is 5.92. The average molecular weight is 325 g/mol. The molecule has 0 spiro atoms. The van der Waals surface area contributed by atoms with Crippen LogP contribution in [0.2, 0.25) is 0 Å². The van der Waals surface area contributed by atoms with Gasteiger partial charge in [-0.2, -0.15) is 5.10 Å². The summed E-state index contributed by atoms with van der Waals surface area (Å²) in [5.41, 5.74) is 3.72. The molecular formula is C17H19N5S. The van der Waals surface area contributed by atoms with Gasteiger partial charge in [-0.1, -0.05) is 6.07 Å². The first-order chi connectivity index (χ1) is 11.3. The molecule has 0 saturated carbocycles. The maximum atomic E-state index is 4.78. The zero-order valence-corrected chi connectivity index (χ0v) is 14.0. The minimum Gasteiger partial charge on any atom is -0.293 e. The molecule has 0 radical (unpaired) electrons. The van der Waals surface area contributed by atoms with Gasteiger partial charge in [0, 0.05) is 50.6 Å². The highest BCUT2D eigenvalue weighted by atomic mass is 32.1. The lowest BCUT2D eigenvalue weighted by Gasteiger charge is -2.28. The first kappa shape index (κ1) is 14.5. The lowest BCUT2D eigenvalue weighted by atomic mass is 10.1. The van der Waals surface area contributed by atoms with Crippen molar-refractivity contribution < 1.29 is 0 Å². The molecule has 0 aliphatic carbocycles. The average Bonchev–Trinajstić information content (AvgIpc) is 3.26. The van der Waals surface area contributed by atoms with Gasteiger partial charge in [0.25, 0.3) is 0 Å². The van der Waals surface area contributed by atoms with Gasteiger partial charge in [0.15, 0.2) is 5.82 Å². The molecule has 0 atom stereocenters. The molecular weight excluding hydrogens is 306 g/mol. The monoisotopic (exact) mass is 325 g/mol. The summed E-state index contributed by atoms with van der Waals surface area (Å²) in [7, 11) is 0. The number of nitrogens with zero attached hydrogens (tertiary/aromatic N) is 5. The van der Waals surface area contributed by atoms with Crippen LogP contribution < -0.4 is 0 Å².